The Bertz CT molecular complexity index is 986. The molecule has 1 N–H and O–H groups in total. The number of ether oxygens (including phenoxy) is 2. The number of rotatable bonds is 5. The van der Waals surface area contributed by atoms with Crippen LogP contribution in [0.3, 0.4) is 0 Å². The van der Waals surface area contributed by atoms with Gasteiger partial charge in [0.25, 0.3) is 5.56 Å². The van der Waals surface area contributed by atoms with Crippen molar-refractivity contribution in [3.8, 4) is 17.2 Å². The lowest BCUT2D eigenvalue weighted by Gasteiger charge is -2.10. The van der Waals surface area contributed by atoms with E-state index >= 15 is 0 Å². The molecular weight excluding hydrogens is 354 g/mol. The Morgan fingerprint density at radius 1 is 1.12 bits per heavy atom. The minimum absolute atomic E-state index is 0.196. The Hall–Kier alpha value is -2.99. The monoisotopic (exact) mass is 369 g/mol. The average molecular weight is 370 g/mol. The van der Waals surface area contributed by atoms with Crippen molar-refractivity contribution in [2.24, 2.45) is 0 Å². The Kier molecular flexibility index (Phi) is 4.50. The molecule has 0 atom stereocenters. The number of hydrogen-bond acceptors (Lipinski definition) is 5. The van der Waals surface area contributed by atoms with E-state index in [9.17, 15) is 4.79 Å². The van der Waals surface area contributed by atoms with E-state index in [2.05, 4.69) is 10.3 Å². The van der Waals surface area contributed by atoms with Crippen LogP contribution >= 0.6 is 11.6 Å². The second-order valence-electron chi connectivity index (χ2n) is 5.79. The van der Waals surface area contributed by atoms with Crippen molar-refractivity contribution in [1.82, 2.24) is 9.55 Å². The number of nitrogens with zero attached hydrogens (tertiary/aromatic N) is 2. The molecule has 0 unspecified atom stereocenters. The van der Waals surface area contributed by atoms with Gasteiger partial charge in [-0.3, -0.25) is 9.36 Å². The molecule has 0 amide bonds. The molecule has 1 aliphatic rings. The Morgan fingerprint density at radius 3 is 2.77 bits per heavy atom. The molecule has 1 aliphatic heterocycles. The van der Waals surface area contributed by atoms with Gasteiger partial charge >= 0.3 is 0 Å². The van der Waals surface area contributed by atoms with Gasteiger partial charge in [-0.2, -0.15) is 0 Å². The van der Waals surface area contributed by atoms with Gasteiger partial charge in [0.2, 0.25) is 6.79 Å². The Labute approximate surface area is 155 Å². The van der Waals surface area contributed by atoms with Crippen LogP contribution in [0.4, 0.5) is 5.82 Å². The van der Waals surface area contributed by atoms with Gasteiger partial charge in [0.15, 0.2) is 17.3 Å². The number of aromatic nitrogens is 2. The molecular formula is C19H16ClN3O3. The number of anilines is 1. The predicted molar refractivity (Wildman–Crippen MR) is 99.6 cm³/mol. The second-order valence-corrected chi connectivity index (χ2v) is 6.23. The highest BCUT2D eigenvalue weighted by molar-refractivity contribution is 6.30. The molecule has 3 aromatic rings. The third-order valence-electron chi connectivity index (χ3n) is 4.09. The van der Waals surface area contributed by atoms with Crippen LogP contribution in [0.2, 0.25) is 5.02 Å². The van der Waals surface area contributed by atoms with E-state index < -0.39 is 0 Å². The molecule has 0 radical (unpaired) electrons. The van der Waals surface area contributed by atoms with E-state index in [0.29, 0.717) is 34.6 Å². The van der Waals surface area contributed by atoms with Gasteiger partial charge in [-0.1, -0.05) is 23.7 Å². The van der Waals surface area contributed by atoms with Gasteiger partial charge < -0.3 is 14.8 Å². The van der Waals surface area contributed by atoms with E-state index in [-0.39, 0.29) is 12.4 Å². The number of halogens is 1. The molecule has 1 aromatic heterocycles. The van der Waals surface area contributed by atoms with Crippen molar-refractivity contribution in [3.63, 3.8) is 0 Å². The fourth-order valence-electron chi connectivity index (χ4n) is 2.75. The maximum absolute atomic E-state index is 12.7. The summed E-state index contributed by atoms with van der Waals surface area (Å²) in [4.78, 5) is 16.9. The Morgan fingerprint density at radius 2 is 1.92 bits per heavy atom. The zero-order chi connectivity index (χ0) is 17.9. The maximum Gasteiger partial charge on any atom is 0.297 e. The lowest BCUT2D eigenvalue weighted by atomic mass is 10.1. The van der Waals surface area contributed by atoms with Gasteiger partial charge in [0.05, 0.1) is 5.69 Å². The van der Waals surface area contributed by atoms with E-state index in [1.165, 1.54) is 4.57 Å². The van der Waals surface area contributed by atoms with Crippen LogP contribution in [0.25, 0.3) is 5.69 Å². The summed E-state index contributed by atoms with van der Waals surface area (Å²) in [6.07, 6.45) is 3.98. The highest BCUT2D eigenvalue weighted by Gasteiger charge is 2.15. The lowest BCUT2D eigenvalue weighted by Crippen LogP contribution is -2.24. The molecule has 0 fully saturated rings. The molecule has 2 aromatic carbocycles. The number of hydrogen-bond donors (Lipinski definition) is 1. The molecule has 7 heteroatoms. The second kappa shape index (κ2) is 7.09. The molecule has 0 aliphatic carbocycles. The van der Waals surface area contributed by atoms with E-state index in [4.69, 9.17) is 21.1 Å². The van der Waals surface area contributed by atoms with E-state index in [0.717, 1.165) is 12.0 Å². The summed E-state index contributed by atoms with van der Waals surface area (Å²) in [5, 5.41) is 3.81. The van der Waals surface area contributed by atoms with Gasteiger partial charge in [-0.15, -0.1) is 0 Å². The van der Waals surface area contributed by atoms with Crippen LogP contribution in [0.5, 0.6) is 11.5 Å². The molecule has 26 heavy (non-hydrogen) atoms. The van der Waals surface area contributed by atoms with Crippen molar-refractivity contribution in [2.75, 3.05) is 18.7 Å². The predicted octanol–water partition coefficient (Wildman–Crippen LogP) is 3.27. The van der Waals surface area contributed by atoms with Crippen molar-refractivity contribution in [1.29, 1.82) is 0 Å². The van der Waals surface area contributed by atoms with E-state index in [1.807, 2.05) is 30.3 Å². The van der Waals surface area contributed by atoms with Crippen LogP contribution in [0, 0.1) is 0 Å². The van der Waals surface area contributed by atoms with Gasteiger partial charge in [-0.05, 0) is 36.2 Å². The normalized spacial score (nSPS) is 12.2. The average Bonchev–Trinajstić information content (AvgIpc) is 3.12. The van der Waals surface area contributed by atoms with Gasteiger partial charge in [0, 0.05) is 30.0 Å². The zero-order valence-corrected chi connectivity index (χ0v) is 14.6. The number of fused-ring (bicyclic) bond motifs is 1. The molecule has 0 saturated heterocycles. The number of benzene rings is 2. The summed E-state index contributed by atoms with van der Waals surface area (Å²) in [7, 11) is 0. The lowest BCUT2D eigenvalue weighted by molar-refractivity contribution is 0.174. The minimum atomic E-state index is -0.220. The SMILES string of the molecule is O=c1c(NCCc2ccc(Cl)cc2)nccn1-c1ccc2c(c1)OCO2. The fraction of sp³-hybridized carbons (Fsp3) is 0.158. The fourth-order valence-corrected chi connectivity index (χ4v) is 2.87. The molecule has 6 nitrogen and oxygen atoms in total. The first-order valence-electron chi connectivity index (χ1n) is 8.17. The van der Waals surface area contributed by atoms with Gasteiger partial charge in [-0.25, -0.2) is 4.98 Å². The summed E-state index contributed by atoms with van der Waals surface area (Å²) in [5.41, 5.74) is 1.61. The maximum atomic E-state index is 12.7. The standard InChI is InChI=1S/C19H16ClN3O3/c20-14-3-1-13(2-4-14)7-8-21-18-19(24)23(10-9-22-18)15-5-6-16-17(11-15)26-12-25-16/h1-6,9-11H,7-8,12H2,(H,21,22). The van der Waals surface area contributed by atoms with Crippen molar-refractivity contribution < 1.29 is 9.47 Å². The summed E-state index contributed by atoms with van der Waals surface area (Å²) in [6, 6.07) is 13.0. The minimum Gasteiger partial charge on any atom is -0.454 e. The van der Waals surface area contributed by atoms with Crippen LogP contribution in [-0.4, -0.2) is 22.9 Å². The number of nitrogens with one attached hydrogen (secondary N) is 1. The van der Waals surface area contributed by atoms with Gasteiger partial charge in [0.1, 0.15) is 0 Å². The molecule has 4 rings (SSSR count). The third kappa shape index (κ3) is 3.36. The summed E-state index contributed by atoms with van der Waals surface area (Å²) in [5.74, 6) is 1.61. The van der Waals surface area contributed by atoms with Crippen molar-refractivity contribution in [2.45, 2.75) is 6.42 Å². The first-order valence-corrected chi connectivity index (χ1v) is 8.54. The quantitative estimate of drug-likeness (QED) is 0.747. The topological polar surface area (TPSA) is 65.4 Å². The van der Waals surface area contributed by atoms with E-state index in [1.54, 1.807) is 24.5 Å². The molecule has 0 saturated carbocycles. The molecule has 0 bridgehead atoms. The highest BCUT2D eigenvalue weighted by atomic mass is 35.5. The smallest absolute Gasteiger partial charge is 0.297 e. The van der Waals surface area contributed by atoms with Crippen LogP contribution < -0.4 is 20.3 Å². The Balaban J connectivity index is 1.50. The van der Waals surface area contributed by atoms with Crippen LogP contribution in [0.15, 0.2) is 59.7 Å². The molecule has 132 valence electrons. The first kappa shape index (κ1) is 16.5. The van der Waals surface area contributed by atoms with Crippen molar-refractivity contribution in [3.05, 3.63) is 75.8 Å². The summed E-state index contributed by atoms with van der Waals surface area (Å²) < 4.78 is 12.2. The molecule has 0 spiro atoms. The highest BCUT2D eigenvalue weighted by Crippen LogP contribution is 2.33. The van der Waals surface area contributed by atoms with Crippen LogP contribution in [-0.2, 0) is 6.42 Å². The van der Waals surface area contributed by atoms with Crippen molar-refractivity contribution >= 4 is 17.4 Å². The zero-order valence-electron chi connectivity index (χ0n) is 13.8. The first-order chi connectivity index (χ1) is 12.7. The summed E-state index contributed by atoms with van der Waals surface area (Å²) >= 11 is 5.89. The van der Waals surface area contributed by atoms with Crippen LogP contribution in [0.1, 0.15) is 5.56 Å². The molecule has 2 heterocycles. The third-order valence-corrected chi connectivity index (χ3v) is 4.35. The summed E-state index contributed by atoms with van der Waals surface area (Å²) in [6.45, 7) is 0.788. The largest absolute Gasteiger partial charge is 0.454 e.